The fourth-order valence-electron chi connectivity index (χ4n) is 2.54. The molecule has 1 aromatic heterocycles. The number of nitrogens with zero attached hydrogens (tertiary/aromatic N) is 2. The molecule has 1 aromatic carbocycles. The highest BCUT2D eigenvalue weighted by Gasteiger charge is 2.03. The van der Waals surface area contributed by atoms with Gasteiger partial charge in [0.25, 0.3) is 0 Å². The van der Waals surface area contributed by atoms with E-state index in [1.165, 1.54) is 29.5 Å². The smallest absolute Gasteiger partial charge is 0.0346 e. The quantitative estimate of drug-likeness (QED) is 0.737. The maximum absolute atomic E-state index is 4.20. The van der Waals surface area contributed by atoms with Crippen LogP contribution in [0.15, 0.2) is 48.8 Å². The molecule has 0 fully saturated rings. The number of aromatic nitrogens is 1. The highest BCUT2D eigenvalue weighted by Crippen LogP contribution is 2.20. The van der Waals surface area contributed by atoms with E-state index in [0.717, 1.165) is 19.0 Å². The molecule has 0 aliphatic carbocycles. The Morgan fingerprint density at radius 1 is 1.10 bits per heavy atom. The molecule has 0 unspecified atom stereocenters. The lowest BCUT2D eigenvalue weighted by Gasteiger charge is -2.17. The molecule has 2 heteroatoms. The van der Waals surface area contributed by atoms with Crippen molar-refractivity contribution in [2.75, 3.05) is 13.6 Å². The Balaban J connectivity index is 1.95. The molecule has 0 saturated carbocycles. The van der Waals surface area contributed by atoms with Crippen LogP contribution in [0.2, 0.25) is 0 Å². The van der Waals surface area contributed by atoms with Gasteiger partial charge in [0, 0.05) is 18.9 Å². The summed E-state index contributed by atoms with van der Waals surface area (Å²) >= 11 is 0. The SMILES string of the molecule is CC(C)CCCN(C)Cc1cccc(-c2cccnc2)c1. The summed E-state index contributed by atoms with van der Waals surface area (Å²) in [7, 11) is 2.21. The van der Waals surface area contributed by atoms with Crippen LogP contribution in [0.25, 0.3) is 11.1 Å². The predicted molar refractivity (Wildman–Crippen MR) is 90.1 cm³/mol. The summed E-state index contributed by atoms with van der Waals surface area (Å²) < 4.78 is 0. The van der Waals surface area contributed by atoms with Gasteiger partial charge in [-0.25, -0.2) is 0 Å². The summed E-state index contributed by atoms with van der Waals surface area (Å²) in [5, 5.41) is 0. The zero-order valence-corrected chi connectivity index (χ0v) is 13.4. The second-order valence-corrected chi connectivity index (χ2v) is 6.22. The maximum Gasteiger partial charge on any atom is 0.0346 e. The van der Waals surface area contributed by atoms with E-state index in [4.69, 9.17) is 0 Å². The van der Waals surface area contributed by atoms with Gasteiger partial charge in [-0.3, -0.25) is 4.98 Å². The third-order valence-electron chi connectivity index (χ3n) is 3.70. The minimum atomic E-state index is 0.798. The van der Waals surface area contributed by atoms with Crippen LogP contribution < -0.4 is 0 Å². The number of benzene rings is 1. The normalized spacial score (nSPS) is 11.3. The van der Waals surface area contributed by atoms with Crippen molar-refractivity contribution in [2.24, 2.45) is 5.92 Å². The Bertz CT molecular complexity index is 534. The molecular formula is C19H26N2. The van der Waals surface area contributed by atoms with Crippen LogP contribution in [-0.4, -0.2) is 23.5 Å². The van der Waals surface area contributed by atoms with Gasteiger partial charge in [0.2, 0.25) is 0 Å². The number of hydrogen-bond acceptors (Lipinski definition) is 2. The first-order chi connectivity index (χ1) is 10.1. The van der Waals surface area contributed by atoms with Crippen LogP contribution in [0.5, 0.6) is 0 Å². The zero-order valence-electron chi connectivity index (χ0n) is 13.4. The summed E-state index contributed by atoms with van der Waals surface area (Å²) in [6.07, 6.45) is 6.32. The molecule has 0 radical (unpaired) electrons. The molecule has 0 atom stereocenters. The van der Waals surface area contributed by atoms with Crippen molar-refractivity contribution in [1.82, 2.24) is 9.88 Å². The van der Waals surface area contributed by atoms with Gasteiger partial charge < -0.3 is 4.90 Å². The van der Waals surface area contributed by atoms with Gasteiger partial charge in [-0.2, -0.15) is 0 Å². The van der Waals surface area contributed by atoms with E-state index < -0.39 is 0 Å². The Labute approximate surface area is 128 Å². The van der Waals surface area contributed by atoms with E-state index in [0.29, 0.717) is 0 Å². The van der Waals surface area contributed by atoms with Crippen LogP contribution in [0.3, 0.4) is 0 Å². The Kier molecular flexibility index (Phi) is 5.94. The molecule has 0 aliphatic rings. The third-order valence-corrected chi connectivity index (χ3v) is 3.70. The maximum atomic E-state index is 4.20. The van der Waals surface area contributed by atoms with E-state index in [1.807, 2.05) is 18.5 Å². The first-order valence-corrected chi connectivity index (χ1v) is 7.83. The van der Waals surface area contributed by atoms with Crippen LogP contribution in [0.1, 0.15) is 32.3 Å². The summed E-state index contributed by atoms with van der Waals surface area (Å²) in [6.45, 7) is 6.75. The van der Waals surface area contributed by atoms with Gasteiger partial charge >= 0.3 is 0 Å². The summed E-state index contributed by atoms with van der Waals surface area (Å²) in [4.78, 5) is 6.61. The molecule has 0 amide bonds. The average Bonchev–Trinajstić information content (AvgIpc) is 2.48. The molecule has 0 N–H and O–H groups in total. The lowest BCUT2D eigenvalue weighted by molar-refractivity contribution is 0.310. The van der Waals surface area contributed by atoms with Crippen molar-refractivity contribution in [2.45, 2.75) is 33.2 Å². The Morgan fingerprint density at radius 3 is 2.62 bits per heavy atom. The molecule has 21 heavy (non-hydrogen) atoms. The van der Waals surface area contributed by atoms with E-state index in [9.17, 15) is 0 Å². The molecular weight excluding hydrogens is 256 g/mol. The van der Waals surface area contributed by atoms with E-state index in [-0.39, 0.29) is 0 Å². The van der Waals surface area contributed by atoms with Gasteiger partial charge in [-0.15, -0.1) is 0 Å². The molecule has 2 aromatic rings. The minimum Gasteiger partial charge on any atom is -0.302 e. The second kappa shape index (κ2) is 7.94. The average molecular weight is 282 g/mol. The van der Waals surface area contributed by atoms with Gasteiger partial charge in [0.15, 0.2) is 0 Å². The predicted octanol–water partition coefficient (Wildman–Crippen LogP) is 4.62. The van der Waals surface area contributed by atoms with Crippen molar-refractivity contribution in [3.63, 3.8) is 0 Å². The Morgan fingerprint density at radius 2 is 1.90 bits per heavy atom. The van der Waals surface area contributed by atoms with Crippen LogP contribution in [0.4, 0.5) is 0 Å². The molecule has 0 saturated heterocycles. The molecule has 1 heterocycles. The van der Waals surface area contributed by atoms with Gasteiger partial charge in [0.05, 0.1) is 0 Å². The number of rotatable bonds is 7. The highest BCUT2D eigenvalue weighted by molar-refractivity contribution is 5.62. The fourth-order valence-corrected chi connectivity index (χ4v) is 2.54. The molecule has 0 aliphatic heterocycles. The first-order valence-electron chi connectivity index (χ1n) is 7.83. The largest absolute Gasteiger partial charge is 0.302 e. The highest BCUT2D eigenvalue weighted by atomic mass is 15.1. The van der Waals surface area contributed by atoms with Crippen molar-refractivity contribution in [1.29, 1.82) is 0 Å². The summed E-state index contributed by atoms with van der Waals surface area (Å²) in [5.41, 5.74) is 3.79. The van der Waals surface area contributed by atoms with E-state index >= 15 is 0 Å². The van der Waals surface area contributed by atoms with Gasteiger partial charge in [-0.1, -0.05) is 38.1 Å². The molecule has 0 bridgehead atoms. The fraction of sp³-hybridized carbons (Fsp3) is 0.421. The molecule has 2 nitrogen and oxygen atoms in total. The van der Waals surface area contributed by atoms with Crippen molar-refractivity contribution in [3.8, 4) is 11.1 Å². The summed E-state index contributed by atoms with van der Waals surface area (Å²) in [6, 6.07) is 12.9. The van der Waals surface area contributed by atoms with E-state index in [1.54, 1.807) is 0 Å². The molecule has 2 rings (SSSR count). The minimum absolute atomic E-state index is 0.798. The second-order valence-electron chi connectivity index (χ2n) is 6.22. The van der Waals surface area contributed by atoms with E-state index in [2.05, 4.69) is 61.1 Å². The van der Waals surface area contributed by atoms with Crippen LogP contribution in [0, 0.1) is 5.92 Å². The lowest BCUT2D eigenvalue weighted by atomic mass is 10.0. The topological polar surface area (TPSA) is 16.1 Å². The Hall–Kier alpha value is -1.67. The number of pyridine rings is 1. The molecule has 0 spiro atoms. The summed E-state index contributed by atoms with van der Waals surface area (Å²) in [5.74, 6) is 0.798. The third kappa shape index (κ3) is 5.31. The van der Waals surface area contributed by atoms with Crippen LogP contribution >= 0.6 is 0 Å². The van der Waals surface area contributed by atoms with Crippen molar-refractivity contribution < 1.29 is 0 Å². The van der Waals surface area contributed by atoms with Crippen molar-refractivity contribution >= 4 is 0 Å². The van der Waals surface area contributed by atoms with Gasteiger partial charge in [-0.05, 0) is 61.2 Å². The zero-order chi connectivity index (χ0) is 15.1. The molecule has 112 valence electrons. The van der Waals surface area contributed by atoms with Crippen molar-refractivity contribution in [3.05, 3.63) is 54.4 Å². The lowest BCUT2D eigenvalue weighted by Crippen LogP contribution is -2.19. The standard InChI is InChI=1S/C19H26N2/c1-16(2)7-6-12-21(3)15-17-8-4-9-18(13-17)19-10-5-11-20-14-19/h4-5,8-11,13-14,16H,6-7,12,15H2,1-3H3. The monoisotopic (exact) mass is 282 g/mol. The first kappa shape index (κ1) is 15.7. The van der Waals surface area contributed by atoms with Crippen LogP contribution in [-0.2, 0) is 6.54 Å². The van der Waals surface area contributed by atoms with Gasteiger partial charge in [0.1, 0.15) is 0 Å². The number of hydrogen-bond donors (Lipinski definition) is 0.